The fraction of sp³-hybridized carbons (Fsp3) is 0.263. The quantitative estimate of drug-likeness (QED) is 0.739. The molecule has 25 heavy (non-hydrogen) atoms. The number of nitrogens with two attached hydrogens (primary N) is 1. The lowest BCUT2D eigenvalue weighted by atomic mass is 9.93. The SMILES string of the molecule is CCc1ccc([C@H]2C[C@@H](c3ccc(Cl)cc3)Nc3nc(N)nn32)cc1. The van der Waals surface area contributed by atoms with Gasteiger partial charge in [0.05, 0.1) is 12.1 Å². The lowest BCUT2D eigenvalue weighted by molar-refractivity contribution is 0.431. The van der Waals surface area contributed by atoms with Gasteiger partial charge in [-0.3, -0.25) is 0 Å². The van der Waals surface area contributed by atoms with Crippen molar-refractivity contribution in [1.29, 1.82) is 0 Å². The van der Waals surface area contributed by atoms with E-state index in [1.54, 1.807) is 0 Å². The van der Waals surface area contributed by atoms with E-state index in [1.807, 2.05) is 28.9 Å². The maximum Gasteiger partial charge on any atom is 0.241 e. The molecule has 128 valence electrons. The van der Waals surface area contributed by atoms with E-state index >= 15 is 0 Å². The lowest BCUT2D eigenvalue weighted by Gasteiger charge is -2.31. The Bertz CT molecular complexity index is 870. The monoisotopic (exact) mass is 353 g/mol. The third-order valence-corrected chi connectivity index (χ3v) is 5.00. The van der Waals surface area contributed by atoms with Gasteiger partial charge in [0.1, 0.15) is 0 Å². The Kier molecular flexibility index (Phi) is 4.09. The number of benzene rings is 2. The van der Waals surface area contributed by atoms with Crippen LogP contribution in [0.3, 0.4) is 0 Å². The van der Waals surface area contributed by atoms with Crippen molar-refractivity contribution in [3.05, 3.63) is 70.2 Å². The molecule has 3 N–H and O–H groups in total. The Morgan fingerprint density at radius 2 is 1.80 bits per heavy atom. The molecule has 0 radical (unpaired) electrons. The van der Waals surface area contributed by atoms with Crippen LogP contribution in [0.5, 0.6) is 0 Å². The van der Waals surface area contributed by atoms with Gasteiger partial charge in [0.2, 0.25) is 11.9 Å². The van der Waals surface area contributed by atoms with E-state index in [9.17, 15) is 0 Å². The number of nitrogen functional groups attached to an aromatic ring is 1. The van der Waals surface area contributed by atoms with Crippen LogP contribution in [-0.2, 0) is 6.42 Å². The third kappa shape index (κ3) is 3.07. The number of aryl methyl sites for hydroxylation is 1. The van der Waals surface area contributed by atoms with Crippen LogP contribution < -0.4 is 11.1 Å². The van der Waals surface area contributed by atoms with E-state index in [1.165, 1.54) is 16.7 Å². The van der Waals surface area contributed by atoms with Crippen molar-refractivity contribution < 1.29 is 0 Å². The lowest BCUT2D eigenvalue weighted by Crippen LogP contribution is -2.28. The summed E-state index contributed by atoms with van der Waals surface area (Å²) in [5, 5.41) is 8.57. The largest absolute Gasteiger partial charge is 0.366 e. The minimum atomic E-state index is 0.0904. The summed E-state index contributed by atoms with van der Waals surface area (Å²) in [4.78, 5) is 4.35. The second-order valence-corrected chi connectivity index (χ2v) is 6.77. The predicted octanol–water partition coefficient (Wildman–Crippen LogP) is 4.22. The third-order valence-electron chi connectivity index (χ3n) is 4.75. The molecule has 0 amide bonds. The standard InChI is InChI=1S/C19H20ClN5/c1-2-12-3-5-14(6-4-12)17-11-16(13-7-9-15(20)10-8-13)22-19-23-18(21)24-25(17)19/h3-10,16-17H,2,11H2,1H3,(H3,21,22,23,24)/t16-,17+/m0/s1. The molecule has 1 aliphatic rings. The van der Waals surface area contributed by atoms with Crippen molar-refractivity contribution >= 4 is 23.5 Å². The van der Waals surface area contributed by atoms with Crippen LogP contribution in [0, 0.1) is 0 Å². The van der Waals surface area contributed by atoms with Crippen molar-refractivity contribution in [1.82, 2.24) is 14.8 Å². The van der Waals surface area contributed by atoms with Crippen molar-refractivity contribution in [3.63, 3.8) is 0 Å². The molecule has 2 heterocycles. The number of rotatable bonds is 3. The molecule has 4 rings (SSSR count). The highest BCUT2D eigenvalue weighted by atomic mass is 35.5. The van der Waals surface area contributed by atoms with E-state index in [2.05, 4.69) is 46.6 Å². The first-order valence-electron chi connectivity index (χ1n) is 8.47. The Hall–Kier alpha value is -2.53. The molecule has 0 saturated carbocycles. The molecule has 1 aromatic heterocycles. The number of nitrogens with zero attached hydrogens (tertiary/aromatic N) is 3. The summed E-state index contributed by atoms with van der Waals surface area (Å²) in [5.74, 6) is 0.989. The van der Waals surface area contributed by atoms with Gasteiger partial charge in [-0.1, -0.05) is 54.9 Å². The van der Waals surface area contributed by atoms with Crippen molar-refractivity contribution in [2.45, 2.75) is 31.8 Å². The normalized spacial score (nSPS) is 19.3. The molecule has 0 spiro atoms. The van der Waals surface area contributed by atoms with E-state index in [0.29, 0.717) is 5.95 Å². The van der Waals surface area contributed by atoms with Gasteiger partial charge >= 0.3 is 0 Å². The van der Waals surface area contributed by atoms with E-state index in [0.717, 1.165) is 17.9 Å². The summed E-state index contributed by atoms with van der Waals surface area (Å²) in [6.07, 6.45) is 1.89. The number of hydrogen-bond donors (Lipinski definition) is 2. The summed E-state index contributed by atoms with van der Waals surface area (Å²) >= 11 is 6.02. The van der Waals surface area contributed by atoms with Crippen LogP contribution in [0.15, 0.2) is 48.5 Å². The van der Waals surface area contributed by atoms with E-state index < -0.39 is 0 Å². The minimum absolute atomic E-state index is 0.0904. The fourth-order valence-electron chi connectivity index (χ4n) is 3.36. The summed E-state index contributed by atoms with van der Waals surface area (Å²) in [6.45, 7) is 2.16. The molecule has 2 atom stereocenters. The van der Waals surface area contributed by atoms with Gasteiger partial charge in [0.25, 0.3) is 0 Å². The molecule has 0 saturated heterocycles. The van der Waals surface area contributed by atoms with Gasteiger partial charge in [0.15, 0.2) is 0 Å². The zero-order valence-electron chi connectivity index (χ0n) is 14.0. The molecule has 5 nitrogen and oxygen atoms in total. The second-order valence-electron chi connectivity index (χ2n) is 6.33. The molecule has 6 heteroatoms. The van der Waals surface area contributed by atoms with Gasteiger partial charge < -0.3 is 11.1 Å². The zero-order valence-corrected chi connectivity index (χ0v) is 14.7. The van der Waals surface area contributed by atoms with Crippen LogP contribution in [-0.4, -0.2) is 14.8 Å². The first-order valence-corrected chi connectivity index (χ1v) is 8.84. The molecular formula is C19H20ClN5. The topological polar surface area (TPSA) is 68.8 Å². The van der Waals surface area contributed by atoms with Crippen LogP contribution >= 0.6 is 11.6 Å². The van der Waals surface area contributed by atoms with Crippen molar-refractivity contribution in [2.24, 2.45) is 0 Å². The number of fused-ring (bicyclic) bond motifs is 1. The first-order chi connectivity index (χ1) is 12.1. The summed E-state index contributed by atoms with van der Waals surface area (Å²) in [6, 6.07) is 16.8. The minimum Gasteiger partial charge on any atom is -0.366 e. The Labute approximate surface area is 151 Å². The van der Waals surface area contributed by atoms with Crippen LogP contribution in [0.2, 0.25) is 5.02 Å². The number of aromatic nitrogens is 3. The Balaban J connectivity index is 1.72. The smallest absolute Gasteiger partial charge is 0.241 e. The highest BCUT2D eigenvalue weighted by Crippen LogP contribution is 2.38. The highest BCUT2D eigenvalue weighted by molar-refractivity contribution is 6.30. The maximum atomic E-state index is 6.02. The van der Waals surface area contributed by atoms with Gasteiger partial charge in [-0.25, -0.2) is 4.68 Å². The average molecular weight is 354 g/mol. The molecule has 0 fully saturated rings. The molecule has 0 bridgehead atoms. The number of anilines is 2. The fourth-order valence-corrected chi connectivity index (χ4v) is 3.49. The average Bonchev–Trinajstić information content (AvgIpc) is 3.01. The van der Waals surface area contributed by atoms with Gasteiger partial charge in [-0.05, 0) is 41.7 Å². The van der Waals surface area contributed by atoms with Gasteiger partial charge in [0, 0.05) is 5.02 Å². The summed E-state index contributed by atoms with van der Waals surface area (Å²) in [7, 11) is 0. The van der Waals surface area contributed by atoms with Gasteiger partial charge in [-0.2, -0.15) is 4.98 Å². The summed E-state index contributed by atoms with van der Waals surface area (Å²) in [5.41, 5.74) is 9.56. The molecular weight excluding hydrogens is 334 g/mol. The number of halogens is 1. The van der Waals surface area contributed by atoms with Crippen LogP contribution in [0.4, 0.5) is 11.9 Å². The van der Waals surface area contributed by atoms with Gasteiger partial charge in [-0.15, -0.1) is 5.10 Å². The second kappa shape index (κ2) is 6.41. The van der Waals surface area contributed by atoms with E-state index in [-0.39, 0.29) is 18.0 Å². The molecule has 1 aliphatic heterocycles. The van der Waals surface area contributed by atoms with Crippen LogP contribution in [0.1, 0.15) is 42.1 Å². The van der Waals surface area contributed by atoms with Crippen molar-refractivity contribution in [2.75, 3.05) is 11.1 Å². The molecule has 3 aromatic rings. The van der Waals surface area contributed by atoms with E-state index in [4.69, 9.17) is 17.3 Å². The van der Waals surface area contributed by atoms with Crippen LogP contribution in [0.25, 0.3) is 0 Å². The zero-order chi connectivity index (χ0) is 17.4. The Morgan fingerprint density at radius 3 is 2.48 bits per heavy atom. The first kappa shape index (κ1) is 16.0. The Morgan fingerprint density at radius 1 is 1.12 bits per heavy atom. The number of hydrogen-bond acceptors (Lipinski definition) is 4. The maximum absolute atomic E-state index is 6.02. The molecule has 2 aromatic carbocycles. The predicted molar refractivity (Wildman–Crippen MR) is 101 cm³/mol. The number of nitrogens with one attached hydrogen (secondary N) is 1. The summed E-state index contributed by atoms with van der Waals surface area (Å²) < 4.78 is 1.89. The van der Waals surface area contributed by atoms with Crippen molar-refractivity contribution in [3.8, 4) is 0 Å². The molecule has 0 aliphatic carbocycles. The highest BCUT2D eigenvalue weighted by Gasteiger charge is 2.30. The molecule has 0 unspecified atom stereocenters.